The molecule has 0 aromatic carbocycles. The van der Waals surface area contributed by atoms with E-state index in [0.717, 1.165) is 6.42 Å². The third-order valence-corrected chi connectivity index (χ3v) is 1.20. The van der Waals surface area contributed by atoms with E-state index < -0.39 is 0 Å². The fourth-order valence-electron chi connectivity index (χ4n) is 0.696. The van der Waals surface area contributed by atoms with Crippen LogP contribution in [0.25, 0.3) is 0 Å². The lowest BCUT2D eigenvalue weighted by Crippen LogP contribution is -2.27. The molecule has 1 atom stereocenters. The molecule has 0 unspecified atom stereocenters. The quantitative estimate of drug-likeness (QED) is 0.604. The summed E-state index contributed by atoms with van der Waals surface area (Å²) in [4.78, 5) is 10.1. The Morgan fingerprint density at radius 3 is 2.22 bits per heavy atom. The number of likely N-dealkylation sites (N-methyl/N-ethyl adjacent to an activating group) is 1. The second-order valence-electron chi connectivity index (χ2n) is 2.59. The predicted molar refractivity (Wildman–Crippen MR) is 38.0 cm³/mol. The van der Waals surface area contributed by atoms with Gasteiger partial charge in [-0.15, -0.1) is 0 Å². The second kappa shape index (κ2) is 4.50. The minimum absolute atomic E-state index is 0.0787. The number of hydrogen-bond acceptors (Lipinski definition) is 2. The topological polar surface area (TPSA) is 29.1 Å². The summed E-state index contributed by atoms with van der Waals surface area (Å²) in [6, 6.07) is -0.0787. The lowest BCUT2D eigenvalue weighted by atomic mass is 10.1. The maximum atomic E-state index is 10.1. The Labute approximate surface area is 56.6 Å². The fourth-order valence-corrected chi connectivity index (χ4v) is 0.696. The van der Waals surface area contributed by atoms with Crippen LogP contribution in [0.3, 0.4) is 0 Å². The lowest BCUT2D eigenvalue weighted by Gasteiger charge is -2.09. The molecular formula is C7H14NO. The first-order valence-corrected chi connectivity index (χ1v) is 3.25. The minimum Gasteiger partial charge on any atom is -0.310 e. The van der Waals surface area contributed by atoms with Gasteiger partial charge in [-0.05, 0) is 19.4 Å². The molecule has 0 amide bonds. The van der Waals surface area contributed by atoms with E-state index in [2.05, 4.69) is 19.2 Å². The Bertz CT molecular complexity index is 81.0. The molecule has 9 heavy (non-hydrogen) atoms. The summed E-state index contributed by atoms with van der Waals surface area (Å²) in [7, 11) is 1.78. The van der Waals surface area contributed by atoms with Gasteiger partial charge in [-0.1, -0.05) is 13.8 Å². The SMILES string of the molecule is CN[C@@H]([C]=O)CC(C)C. The zero-order valence-corrected chi connectivity index (χ0v) is 6.27. The van der Waals surface area contributed by atoms with Crippen molar-refractivity contribution in [2.45, 2.75) is 26.3 Å². The lowest BCUT2D eigenvalue weighted by molar-refractivity contribution is 0.476. The van der Waals surface area contributed by atoms with E-state index in [1.54, 1.807) is 7.05 Å². The second-order valence-corrected chi connectivity index (χ2v) is 2.59. The molecule has 0 aliphatic rings. The molecule has 0 aromatic heterocycles. The first kappa shape index (κ1) is 8.63. The summed E-state index contributed by atoms with van der Waals surface area (Å²) in [6.07, 6.45) is 2.80. The van der Waals surface area contributed by atoms with Crippen molar-refractivity contribution < 1.29 is 4.79 Å². The predicted octanol–water partition coefficient (Wildman–Crippen LogP) is 0.730. The van der Waals surface area contributed by atoms with Crippen molar-refractivity contribution >= 4 is 6.29 Å². The first-order valence-electron chi connectivity index (χ1n) is 3.25. The van der Waals surface area contributed by atoms with Crippen LogP contribution < -0.4 is 5.32 Å². The molecule has 2 nitrogen and oxygen atoms in total. The number of nitrogens with one attached hydrogen (secondary N) is 1. The molecule has 53 valence electrons. The highest BCUT2D eigenvalue weighted by Gasteiger charge is 2.06. The van der Waals surface area contributed by atoms with Crippen molar-refractivity contribution in [3.8, 4) is 0 Å². The van der Waals surface area contributed by atoms with Crippen LogP contribution in [0.15, 0.2) is 0 Å². The van der Waals surface area contributed by atoms with Gasteiger partial charge in [-0.2, -0.15) is 0 Å². The third kappa shape index (κ3) is 4.15. The largest absolute Gasteiger partial charge is 0.310 e. The molecule has 0 rings (SSSR count). The van der Waals surface area contributed by atoms with Gasteiger partial charge in [0, 0.05) is 0 Å². The standard InChI is InChI=1S/C7H14NO/c1-6(2)4-7(5-9)8-3/h6-8H,4H2,1-3H3/t7-/m1/s1. The van der Waals surface area contributed by atoms with Crippen LogP contribution in [0.2, 0.25) is 0 Å². The van der Waals surface area contributed by atoms with Crippen LogP contribution in [-0.2, 0) is 4.79 Å². The van der Waals surface area contributed by atoms with E-state index in [1.807, 2.05) is 6.29 Å². The maximum absolute atomic E-state index is 10.1. The van der Waals surface area contributed by atoms with Crippen molar-refractivity contribution in [3.05, 3.63) is 0 Å². The summed E-state index contributed by atoms with van der Waals surface area (Å²) >= 11 is 0. The van der Waals surface area contributed by atoms with Crippen LogP contribution in [0.4, 0.5) is 0 Å². The van der Waals surface area contributed by atoms with Gasteiger partial charge in [-0.25, -0.2) is 0 Å². The maximum Gasteiger partial charge on any atom is 0.216 e. The highest BCUT2D eigenvalue weighted by atomic mass is 16.1. The number of rotatable bonds is 4. The van der Waals surface area contributed by atoms with Crippen LogP contribution in [0, 0.1) is 5.92 Å². The normalized spacial score (nSPS) is 13.8. The molecule has 2 heteroatoms. The number of carbonyl (C=O) groups excluding carboxylic acids is 1. The fraction of sp³-hybridized carbons (Fsp3) is 0.857. The van der Waals surface area contributed by atoms with Crippen molar-refractivity contribution in [2.24, 2.45) is 5.92 Å². The van der Waals surface area contributed by atoms with Crippen molar-refractivity contribution in [2.75, 3.05) is 7.05 Å². The summed E-state index contributed by atoms with van der Waals surface area (Å²) < 4.78 is 0. The molecule has 1 radical (unpaired) electrons. The highest BCUT2D eigenvalue weighted by Crippen LogP contribution is 2.01. The molecule has 0 aliphatic carbocycles. The molecule has 0 heterocycles. The van der Waals surface area contributed by atoms with E-state index in [1.165, 1.54) is 0 Å². The van der Waals surface area contributed by atoms with Crippen LogP contribution in [0.5, 0.6) is 0 Å². The van der Waals surface area contributed by atoms with Gasteiger partial charge in [0.05, 0.1) is 6.04 Å². The van der Waals surface area contributed by atoms with E-state index in [9.17, 15) is 4.79 Å². The molecule has 0 aromatic rings. The third-order valence-electron chi connectivity index (χ3n) is 1.20. The Morgan fingerprint density at radius 1 is 1.56 bits per heavy atom. The minimum atomic E-state index is -0.0787. The van der Waals surface area contributed by atoms with Crippen LogP contribution in [-0.4, -0.2) is 19.4 Å². The smallest absolute Gasteiger partial charge is 0.216 e. The van der Waals surface area contributed by atoms with Crippen molar-refractivity contribution in [1.82, 2.24) is 5.32 Å². The molecule has 0 bridgehead atoms. The molecule has 0 saturated heterocycles. The van der Waals surface area contributed by atoms with Crippen molar-refractivity contribution in [3.63, 3.8) is 0 Å². The van der Waals surface area contributed by atoms with E-state index >= 15 is 0 Å². The van der Waals surface area contributed by atoms with E-state index in [-0.39, 0.29) is 6.04 Å². The highest BCUT2D eigenvalue weighted by molar-refractivity contribution is 5.58. The molecule has 1 N–H and O–H groups in total. The Balaban J connectivity index is 3.42. The average molecular weight is 128 g/mol. The molecule has 0 saturated carbocycles. The summed E-state index contributed by atoms with van der Waals surface area (Å²) in [5.41, 5.74) is 0. The summed E-state index contributed by atoms with van der Waals surface area (Å²) in [5.74, 6) is 0.559. The molecule has 0 aliphatic heterocycles. The molecule has 0 spiro atoms. The van der Waals surface area contributed by atoms with Gasteiger partial charge < -0.3 is 5.32 Å². The average Bonchev–Trinajstić information content (AvgIpc) is 1.82. The molecular weight excluding hydrogens is 114 g/mol. The number of hydrogen-bond donors (Lipinski definition) is 1. The van der Waals surface area contributed by atoms with Crippen LogP contribution >= 0.6 is 0 Å². The summed E-state index contributed by atoms with van der Waals surface area (Å²) in [5, 5.41) is 2.86. The molecule has 0 fully saturated rings. The monoisotopic (exact) mass is 128 g/mol. The van der Waals surface area contributed by atoms with E-state index in [0.29, 0.717) is 5.92 Å². The van der Waals surface area contributed by atoms with Gasteiger partial charge >= 0.3 is 0 Å². The van der Waals surface area contributed by atoms with Gasteiger partial charge in [0.2, 0.25) is 6.29 Å². The van der Waals surface area contributed by atoms with E-state index in [4.69, 9.17) is 0 Å². The van der Waals surface area contributed by atoms with Gasteiger partial charge in [-0.3, -0.25) is 4.79 Å². The van der Waals surface area contributed by atoms with Gasteiger partial charge in [0.15, 0.2) is 0 Å². The van der Waals surface area contributed by atoms with Crippen LogP contribution in [0.1, 0.15) is 20.3 Å². The Hall–Kier alpha value is -0.370. The Morgan fingerprint density at radius 2 is 2.11 bits per heavy atom. The zero-order valence-electron chi connectivity index (χ0n) is 6.27. The zero-order chi connectivity index (χ0) is 7.28. The van der Waals surface area contributed by atoms with Gasteiger partial charge in [0.25, 0.3) is 0 Å². The van der Waals surface area contributed by atoms with Gasteiger partial charge in [0.1, 0.15) is 0 Å². The van der Waals surface area contributed by atoms with Crippen molar-refractivity contribution in [1.29, 1.82) is 0 Å². The summed E-state index contributed by atoms with van der Waals surface area (Å²) in [6.45, 7) is 4.17. The Kier molecular flexibility index (Phi) is 4.32. The first-order chi connectivity index (χ1) is 4.20.